The first-order valence-electron chi connectivity index (χ1n) is 4.88. The molecule has 2 heteroatoms. The summed E-state index contributed by atoms with van der Waals surface area (Å²) in [5.74, 6) is -0.189. The molecule has 0 spiro atoms. The number of rotatable bonds is 2. The third-order valence-corrected chi connectivity index (χ3v) is 2.58. The number of hydrogen-bond acceptors (Lipinski definition) is 0. The van der Waals surface area contributed by atoms with E-state index in [1.165, 1.54) is 6.07 Å². The fraction of sp³-hybridized carbons (Fsp3) is 0.154. The topological polar surface area (TPSA) is 0 Å². The van der Waals surface area contributed by atoms with Gasteiger partial charge in [0.15, 0.2) is 0 Å². The molecule has 0 saturated carbocycles. The monoisotopic (exact) mass is 221 g/mol. The highest BCUT2D eigenvalue weighted by Crippen LogP contribution is 2.22. The fourth-order valence-corrected chi connectivity index (χ4v) is 1.85. The maximum atomic E-state index is 12.9. The second-order valence-corrected chi connectivity index (χ2v) is 3.99. The molecule has 0 aromatic heterocycles. The SMILES string of the molecule is Fc1cccc(CC2=CC(Cl)=CC[CH]2)c1. The fourth-order valence-electron chi connectivity index (χ4n) is 1.62. The Hall–Kier alpha value is -1.08. The van der Waals surface area contributed by atoms with Gasteiger partial charge in [-0.3, -0.25) is 0 Å². The van der Waals surface area contributed by atoms with E-state index in [0.717, 1.165) is 29.0 Å². The van der Waals surface area contributed by atoms with E-state index in [0.29, 0.717) is 0 Å². The van der Waals surface area contributed by atoms with E-state index >= 15 is 0 Å². The van der Waals surface area contributed by atoms with Crippen molar-refractivity contribution in [2.45, 2.75) is 12.8 Å². The van der Waals surface area contributed by atoms with Gasteiger partial charge in [-0.1, -0.05) is 35.4 Å². The molecule has 0 amide bonds. The lowest BCUT2D eigenvalue weighted by Gasteiger charge is -2.10. The number of halogens is 2. The van der Waals surface area contributed by atoms with Gasteiger partial charge in [-0.15, -0.1) is 0 Å². The highest BCUT2D eigenvalue weighted by molar-refractivity contribution is 6.31. The summed E-state index contributed by atoms with van der Waals surface area (Å²) in [4.78, 5) is 0. The first-order chi connectivity index (χ1) is 7.24. The summed E-state index contributed by atoms with van der Waals surface area (Å²) in [5.41, 5.74) is 2.12. The van der Waals surface area contributed by atoms with Gasteiger partial charge in [-0.2, -0.15) is 0 Å². The minimum atomic E-state index is -0.189. The molecule has 0 atom stereocenters. The molecular formula is C13H11ClF. The van der Waals surface area contributed by atoms with E-state index in [2.05, 4.69) is 6.42 Å². The van der Waals surface area contributed by atoms with Crippen LogP contribution in [0.3, 0.4) is 0 Å². The van der Waals surface area contributed by atoms with E-state index < -0.39 is 0 Å². The molecule has 0 fully saturated rings. The van der Waals surface area contributed by atoms with E-state index in [9.17, 15) is 4.39 Å². The Balaban J connectivity index is 2.12. The van der Waals surface area contributed by atoms with Crippen molar-refractivity contribution in [1.29, 1.82) is 0 Å². The van der Waals surface area contributed by atoms with Crippen molar-refractivity contribution in [3.8, 4) is 0 Å². The molecule has 0 aliphatic heterocycles. The van der Waals surface area contributed by atoms with Crippen molar-refractivity contribution >= 4 is 11.6 Å². The summed E-state index contributed by atoms with van der Waals surface area (Å²) >= 11 is 5.90. The molecule has 1 aromatic carbocycles. The zero-order chi connectivity index (χ0) is 10.7. The van der Waals surface area contributed by atoms with Crippen LogP contribution in [0.5, 0.6) is 0 Å². The highest BCUT2D eigenvalue weighted by Gasteiger charge is 2.05. The Morgan fingerprint density at radius 2 is 2.20 bits per heavy atom. The summed E-state index contributed by atoms with van der Waals surface area (Å²) in [5, 5.41) is 0.768. The van der Waals surface area contributed by atoms with Crippen LogP contribution >= 0.6 is 11.6 Å². The van der Waals surface area contributed by atoms with Crippen molar-refractivity contribution in [2.75, 3.05) is 0 Å². The number of hydrogen-bond donors (Lipinski definition) is 0. The summed E-state index contributed by atoms with van der Waals surface area (Å²) in [7, 11) is 0. The van der Waals surface area contributed by atoms with Gasteiger partial charge >= 0.3 is 0 Å². The van der Waals surface area contributed by atoms with Gasteiger partial charge < -0.3 is 0 Å². The van der Waals surface area contributed by atoms with Crippen LogP contribution in [0.2, 0.25) is 0 Å². The summed E-state index contributed by atoms with van der Waals surface area (Å²) < 4.78 is 12.9. The zero-order valence-corrected chi connectivity index (χ0v) is 8.97. The predicted octanol–water partition coefficient (Wildman–Crippen LogP) is 4.03. The second kappa shape index (κ2) is 4.63. The lowest BCUT2D eigenvalue weighted by Crippen LogP contribution is -1.95. The minimum absolute atomic E-state index is 0.189. The van der Waals surface area contributed by atoms with Crippen LogP contribution in [0.4, 0.5) is 4.39 Å². The first-order valence-corrected chi connectivity index (χ1v) is 5.26. The van der Waals surface area contributed by atoms with E-state index in [1.807, 2.05) is 18.2 Å². The minimum Gasteiger partial charge on any atom is -0.207 e. The summed E-state index contributed by atoms with van der Waals surface area (Å²) in [6.45, 7) is 0. The number of benzene rings is 1. The van der Waals surface area contributed by atoms with Crippen molar-refractivity contribution in [3.63, 3.8) is 0 Å². The Morgan fingerprint density at radius 1 is 1.33 bits per heavy atom. The lowest BCUT2D eigenvalue weighted by molar-refractivity contribution is 0.626. The van der Waals surface area contributed by atoms with Crippen molar-refractivity contribution in [2.24, 2.45) is 0 Å². The van der Waals surface area contributed by atoms with Gasteiger partial charge in [0.1, 0.15) is 5.82 Å². The standard InChI is InChI=1S/C13H11ClF/c14-12-5-1-3-10(8-12)7-11-4-2-6-13(15)9-11/h2-6,8-9H,1,7H2. The van der Waals surface area contributed by atoms with Gasteiger partial charge in [0.2, 0.25) is 0 Å². The van der Waals surface area contributed by atoms with E-state index in [-0.39, 0.29) is 5.82 Å². The average Bonchev–Trinajstić information content (AvgIpc) is 2.17. The summed E-state index contributed by atoms with van der Waals surface area (Å²) in [6.07, 6.45) is 7.59. The third-order valence-electron chi connectivity index (χ3n) is 2.31. The average molecular weight is 222 g/mol. The van der Waals surface area contributed by atoms with E-state index in [1.54, 1.807) is 12.1 Å². The normalized spacial score (nSPS) is 15.9. The number of allylic oxidation sites excluding steroid dienone is 4. The van der Waals surface area contributed by atoms with Gasteiger partial charge in [-0.25, -0.2) is 4.39 Å². The van der Waals surface area contributed by atoms with Crippen LogP contribution in [0.15, 0.2) is 47.0 Å². The maximum Gasteiger partial charge on any atom is 0.123 e. The van der Waals surface area contributed by atoms with Gasteiger partial charge in [0.25, 0.3) is 0 Å². The Kier molecular flexibility index (Phi) is 3.22. The second-order valence-electron chi connectivity index (χ2n) is 3.55. The van der Waals surface area contributed by atoms with Crippen molar-refractivity contribution in [1.82, 2.24) is 0 Å². The highest BCUT2D eigenvalue weighted by atomic mass is 35.5. The molecule has 0 heterocycles. The maximum absolute atomic E-state index is 12.9. The largest absolute Gasteiger partial charge is 0.207 e. The molecule has 0 N–H and O–H groups in total. The van der Waals surface area contributed by atoms with Crippen molar-refractivity contribution < 1.29 is 4.39 Å². The molecule has 1 aliphatic carbocycles. The molecule has 1 aromatic rings. The molecule has 77 valence electrons. The third kappa shape index (κ3) is 2.93. The van der Waals surface area contributed by atoms with Gasteiger partial charge in [-0.05, 0) is 43.0 Å². The predicted molar refractivity (Wildman–Crippen MR) is 61.0 cm³/mol. The van der Waals surface area contributed by atoms with Crippen LogP contribution in [0, 0.1) is 12.2 Å². The van der Waals surface area contributed by atoms with Gasteiger partial charge in [0, 0.05) is 5.03 Å². The lowest BCUT2D eigenvalue weighted by atomic mass is 9.98. The van der Waals surface area contributed by atoms with Crippen molar-refractivity contribution in [3.05, 3.63) is 64.8 Å². The molecule has 0 saturated heterocycles. The first kappa shape index (κ1) is 10.4. The van der Waals surface area contributed by atoms with Gasteiger partial charge in [0.05, 0.1) is 0 Å². The Bertz CT molecular complexity index is 418. The molecule has 0 nitrogen and oxygen atoms in total. The zero-order valence-electron chi connectivity index (χ0n) is 8.21. The Morgan fingerprint density at radius 3 is 2.93 bits per heavy atom. The molecular weight excluding hydrogens is 211 g/mol. The van der Waals surface area contributed by atoms with Crippen LogP contribution in [0.1, 0.15) is 12.0 Å². The quantitative estimate of drug-likeness (QED) is 0.708. The summed E-state index contributed by atoms with van der Waals surface area (Å²) in [6, 6.07) is 6.66. The van der Waals surface area contributed by atoms with E-state index in [4.69, 9.17) is 11.6 Å². The smallest absolute Gasteiger partial charge is 0.123 e. The molecule has 1 radical (unpaired) electrons. The molecule has 2 rings (SSSR count). The molecule has 15 heavy (non-hydrogen) atoms. The Labute approximate surface area is 94.1 Å². The molecule has 0 unspecified atom stereocenters. The molecule has 1 aliphatic rings. The van der Waals surface area contributed by atoms with Crippen LogP contribution in [0.25, 0.3) is 0 Å². The van der Waals surface area contributed by atoms with Crippen LogP contribution in [-0.4, -0.2) is 0 Å². The van der Waals surface area contributed by atoms with Crippen LogP contribution in [-0.2, 0) is 6.42 Å². The molecule has 0 bridgehead atoms. The van der Waals surface area contributed by atoms with Crippen LogP contribution < -0.4 is 0 Å².